The molecule has 1 N–H and O–H groups in total. The maximum absolute atomic E-state index is 12.4. The highest BCUT2D eigenvalue weighted by Gasteiger charge is 2.16. The second kappa shape index (κ2) is 7.58. The summed E-state index contributed by atoms with van der Waals surface area (Å²) in [7, 11) is 1.33. The lowest BCUT2D eigenvalue weighted by atomic mass is 10.2. The number of hydrogen-bond donors (Lipinski definition) is 1. The Balaban J connectivity index is 2.84. The van der Waals surface area contributed by atoms with E-state index in [9.17, 15) is 13.6 Å². The Bertz CT molecular complexity index is 542. The number of methoxy groups -OCH3 is 1. The first kappa shape index (κ1) is 17.7. The second-order valence-electron chi connectivity index (χ2n) is 5.13. The van der Waals surface area contributed by atoms with Crippen molar-refractivity contribution in [2.75, 3.05) is 7.11 Å². The summed E-state index contributed by atoms with van der Waals surface area (Å²) in [4.78, 5) is 11.4. The van der Waals surface area contributed by atoms with Gasteiger partial charge in [0.25, 0.3) is 0 Å². The molecule has 122 valence electrons. The van der Waals surface area contributed by atoms with Gasteiger partial charge in [0, 0.05) is 5.56 Å². The highest BCUT2D eigenvalue weighted by molar-refractivity contribution is 5.85. The van der Waals surface area contributed by atoms with Crippen molar-refractivity contribution >= 4 is 12.3 Å². The van der Waals surface area contributed by atoms with E-state index in [-0.39, 0.29) is 17.1 Å². The Labute approximate surface area is 127 Å². The van der Waals surface area contributed by atoms with Gasteiger partial charge in [-0.3, -0.25) is 0 Å². The first-order chi connectivity index (χ1) is 10.2. The largest absolute Gasteiger partial charge is 0.493 e. The van der Waals surface area contributed by atoms with Gasteiger partial charge in [0.15, 0.2) is 11.5 Å². The second-order valence-corrected chi connectivity index (χ2v) is 5.13. The molecule has 0 atom stereocenters. The number of para-hydroxylation sites is 1. The maximum atomic E-state index is 12.4. The van der Waals surface area contributed by atoms with Crippen LogP contribution in [-0.4, -0.2) is 31.6 Å². The molecule has 1 rings (SSSR count). The van der Waals surface area contributed by atoms with Crippen molar-refractivity contribution in [3.05, 3.63) is 23.8 Å². The van der Waals surface area contributed by atoms with Crippen LogP contribution in [0.25, 0.3) is 0 Å². The van der Waals surface area contributed by atoms with E-state index in [0.717, 1.165) is 6.21 Å². The van der Waals surface area contributed by atoms with Crippen molar-refractivity contribution in [1.29, 1.82) is 0 Å². The van der Waals surface area contributed by atoms with Gasteiger partial charge in [-0.25, -0.2) is 10.2 Å². The number of benzene rings is 1. The van der Waals surface area contributed by atoms with Gasteiger partial charge < -0.3 is 14.2 Å². The Morgan fingerprint density at radius 1 is 1.36 bits per heavy atom. The van der Waals surface area contributed by atoms with Crippen LogP contribution in [0.4, 0.5) is 13.6 Å². The van der Waals surface area contributed by atoms with Gasteiger partial charge in [-0.15, -0.1) is 0 Å². The van der Waals surface area contributed by atoms with Crippen molar-refractivity contribution in [2.45, 2.75) is 33.0 Å². The number of carbonyl (C=O) groups is 1. The first-order valence-electron chi connectivity index (χ1n) is 6.37. The molecule has 8 heteroatoms. The Hall–Kier alpha value is -2.38. The van der Waals surface area contributed by atoms with Crippen LogP contribution >= 0.6 is 0 Å². The molecule has 0 heterocycles. The molecule has 0 aliphatic rings. The molecule has 1 amide bonds. The highest BCUT2D eigenvalue weighted by Crippen LogP contribution is 2.31. The van der Waals surface area contributed by atoms with E-state index in [2.05, 4.69) is 15.3 Å². The average molecular weight is 316 g/mol. The van der Waals surface area contributed by atoms with Gasteiger partial charge >= 0.3 is 12.7 Å². The lowest BCUT2D eigenvalue weighted by molar-refractivity contribution is -0.0513. The standard InChI is InChI=1S/C14H18F2N2O4/c1-14(2,3)22-13(19)18-17-8-9-6-5-7-10(20-4)11(9)21-12(15)16/h5-8,12H,1-4H3,(H,18,19)/b17-8-. The van der Waals surface area contributed by atoms with Gasteiger partial charge in [-0.05, 0) is 32.9 Å². The molecule has 0 radical (unpaired) electrons. The molecule has 0 aliphatic carbocycles. The van der Waals surface area contributed by atoms with E-state index in [4.69, 9.17) is 9.47 Å². The monoisotopic (exact) mass is 316 g/mol. The van der Waals surface area contributed by atoms with Crippen molar-refractivity contribution in [3.63, 3.8) is 0 Å². The molecule has 0 saturated heterocycles. The minimum absolute atomic E-state index is 0.126. The fourth-order valence-electron chi connectivity index (χ4n) is 1.47. The lowest BCUT2D eigenvalue weighted by Crippen LogP contribution is -2.29. The smallest absolute Gasteiger partial charge is 0.428 e. The predicted molar refractivity (Wildman–Crippen MR) is 76.6 cm³/mol. The Morgan fingerprint density at radius 3 is 2.59 bits per heavy atom. The summed E-state index contributed by atoms with van der Waals surface area (Å²) in [5.74, 6) is -0.0451. The van der Waals surface area contributed by atoms with E-state index in [1.807, 2.05) is 0 Å². The summed E-state index contributed by atoms with van der Waals surface area (Å²) in [5.41, 5.74) is 1.68. The Kier molecular flexibility index (Phi) is 6.09. The van der Waals surface area contributed by atoms with Crippen LogP contribution in [0.3, 0.4) is 0 Å². The van der Waals surface area contributed by atoms with Gasteiger partial charge in [0.1, 0.15) is 5.60 Å². The average Bonchev–Trinajstić information content (AvgIpc) is 2.37. The minimum Gasteiger partial charge on any atom is -0.493 e. The zero-order valence-electron chi connectivity index (χ0n) is 12.7. The lowest BCUT2D eigenvalue weighted by Gasteiger charge is -2.18. The molecular formula is C14H18F2N2O4. The highest BCUT2D eigenvalue weighted by atomic mass is 19.3. The zero-order valence-corrected chi connectivity index (χ0v) is 12.7. The van der Waals surface area contributed by atoms with Crippen molar-refractivity contribution in [2.24, 2.45) is 5.10 Å². The van der Waals surface area contributed by atoms with Crippen molar-refractivity contribution < 1.29 is 27.8 Å². The third kappa shape index (κ3) is 5.94. The van der Waals surface area contributed by atoms with E-state index in [0.29, 0.717) is 0 Å². The summed E-state index contributed by atoms with van der Waals surface area (Å²) in [6.45, 7) is 2.09. The van der Waals surface area contributed by atoms with E-state index in [1.54, 1.807) is 26.8 Å². The SMILES string of the molecule is COc1cccc(/C=N\NC(=O)OC(C)(C)C)c1OC(F)F. The molecule has 0 spiro atoms. The fraction of sp³-hybridized carbons (Fsp3) is 0.429. The van der Waals surface area contributed by atoms with E-state index < -0.39 is 18.3 Å². The van der Waals surface area contributed by atoms with Crippen molar-refractivity contribution in [1.82, 2.24) is 5.43 Å². The van der Waals surface area contributed by atoms with Crippen LogP contribution in [0.5, 0.6) is 11.5 Å². The number of rotatable bonds is 5. The summed E-state index contributed by atoms with van der Waals surface area (Å²) in [5, 5.41) is 3.64. The molecule has 0 unspecified atom stereocenters. The van der Waals surface area contributed by atoms with Crippen LogP contribution in [0.2, 0.25) is 0 Å². The quantitative estimate of drug-likeness (QED) is 0.669. The van der Waals surface area contributed by atoms with E-state index in [1.165, 1.54) is 19.2 Å². The third-order valence-electron chi connectivity index (χ3n) is 2.19. The number of nitrogens with zero attached hydrogens (tertiary/aromatic N) is 1. The number of carbonyl (C=O) groups excluding carboxylic acids is 1. The minimum atomic E-state index is -3.01. The van der Waals surface area contributed by atoms with Gasteiger partial charge in [0.2, 0.25) is 0 Å². The van der Waals surface area contributed by atoms with Crippen LogP contribution in [0, 0.1) is 0 Å². The maximum Gasteiger partial charge on any atom is 0.428 e. The van der Waals surface area contributed by atoms with Crippen LogP contribution in [-0.2, 0) is 4.74 Å². The molecule has 1 aromatic rings. The zero-order chi connectivity index (χ0) is 16.8. The number of amides is 1. The number of alkyl halides is 2. The molecule has 6 nitrogen and oxygen atoms in total. The fourth-order valence-corrected chi connectivity index (χ4v) is 1.47. The summed E-state index contributed by atoms with van der Waals surface area (Å²) >= 11 is 0. The topological polar surface area (TPSA) is 69.2 Å². The number of halogens is 2. The van der Waals surface area contributed by atoms with Crippen LogP contribution in [0.15, 0.2) is 23.3 Å². The number of nitrogens with one attached hydrogen (secondary N) is 1. The summed E-state index contributed by atoms with van der Waals surface area (Å²) in [6.07, 6.45) is 0.396. The first-order valence-corrected chi connectivity index (χ1v) is 6.37. The van der Waals surface area contributed by atoms with E-state index >= 15 is 0 Å². The number of hydrogen-bond acceptors (Lipinski definition) is 5. The van der Waals surface area contributed by atoms with Crippen LogP contribution < -0.4 is 14.9 Å². The molecule has 0 saturated carbocycles. The summed E-state index contributed by atoms with van der Waals surface area (Å²) in [6, 6.07) is 4.53. The van der Waals surface area contributed by atoms with Crippen LogP contribution in [0.1, 0.15) is 26.3 Å². The Morgan fingerprint density at radius 2 is 2.05 bits per heavy atom. The molecular weight excluding hydrogens is 298 g/mol. The summed E-state index contributed by atoms with van der Waals surface area (Å²) < 4.78 is 39.2. The van der Waals surface area contributed by atoms with Gasteiger partial charge in [-0.1, -0.05) is 6.07 Å². The molecule has 1 aromatic carbocycles. The molecule has 0 aliphatic heterocycles. The molecule has 0 fully saturated rings. The molecule has 0 bridgehead atoms. The van der Waals surface area contributed by atoms with Crippen molar-refractivity contribution in [3.8, 4) is 11.5 Å². The predicted octanol–water partition coefficient (Wildman–Crippen LogP) is 3.16. The molecule has 22 heavy (non-hydrogen) atoms. The number of hydrazone groups is 1. The van der Waals surface area contributed by atoms with Gasteiger partial charge in [-0.2, -0.15) is 13.9 Å². The number of ether oxygens (including phenoxy) is 3. The molecule has 0 aromatic heterocycles. The van der Waals surface area contributed by atoms with Gasteiger partial charge in [0.05, 0.1) is 13.3 Å². The third-order valence-corrected chi connectivity index (χ3v) is 2.19. The normalized spacial score (nSPS) is 11.6.